The fourth-order valence-corrected chi connectivity index (χ4v) is 7.50. The van der Waals surface area contributed by atoms with Crippen LogP contribution in [0, 0.1) is 17.8 Å². The monoisotopic (exact) mass is 394 g/mol. The van der Waals surface area contributed by atoms with Crippen molar-refractivity contribution in [2.24, 2.45) is 17.8 Å². The molecule has 3 fully saturated rings. The minimum absolute atomic E-state index is 0.246. The molecular weight excluding hydrogens is 356 g/mol. The molecule has 0 aromatic heterocycles. The summed E-state index contributed by atoms with van der Waals surface area (Å²) in [7, 11) is 0. The number of thioether (sulfide) groups is 1. The number of hydrogen-bond donors (Lipinski definition) is 2. The lowest BCUT2D eigenvalue weighted by atomic mass is 9.76. The molecule has 0 radical (unpaired) electrons. The van der Waals surface area contributed by atoms with Crippen molar-refractivity contribution in [1.82, 2.24) is 0 Å². The second-order valence-corrected chi connectivity index (χ2v) is 10.5. The van der Waals surface area contributed by atoms with Crippen LogP contribution in [0.3, 0.4) is 0 Å². The largest absolute Gasteiger partial charge is 0.481 e. The maximum atomic E-state index is 10.7. The summed E-state index contributed by atoms with van der Waals surface area (Å²) in [4.78, 5) is 10.6. The van der Waals surface area contributed by atoms with E-state index in [1.165, 1.54) is 64.2 Å². The summed E-state index contributed by atoms with van der Waals surface area (Å²) in [6.07, 6.45) is 20.5. The number of unbranched alkanes of at least 4 members (excludes halogenated alkanes) is 3. The van der Waals surface area contributed by atoms with Crippen LogP contribution >= 0.6 is 11.8 Å². The lowest BCUT2D eigenvalue weighted by Gasteiger charge is -2.28. The van der Waals surface area contributed by atoms with Gasteiger partial charge in [-0.05, 0) is 56.3 Å². The molecule has 2 heterocycles. The summed E-state index contributed by atoms with van der Waals surface area (Å²) in [5, 5.41) is 21.0. The SMILES string of the molecule is O=C(O)CCCCCC[C@@H]1[C@H](/C=C/C(O)C2CCCCCC2)[C@@H]2CC[C@H]1S2. The molecule has 0 spiro atoms. The van der Waals surface area contributed by atoms with Gasteiger partial charge in [-0.2, -0.15) is 11.8 Å². The number of carbonyl (C=O) groups is 1. The first-order chi connectivity index (χ1) is 13.1. The van der Waals surface area contributed by atoms with Crippen LogP contribution < -0.4 is 0 Å². The zero-order chi connectivity index (χ0) is 19.1. The predicted molar refractivity (Wildman–Crippen MR) is 113 cm³/mol. The third-order valence-electron chi connectivity index (χ3n) is 7.08. The van der Waals surface area contributed by atoms with Crippen LogP contribution in [0.25, 0.3) is 0 Å². The number of rotatable bonds is 10. The normalized spacial score (nSPS) is 32.8. The fourth-order valence-electron chi connectivity index (χ4n) is 5.52. The molecule has 1 aliphatic carbocycles. The van der Waals surface area contributed by atoms with E-state index in [4.69, 9.17) is 5.11 Å². The molecule has 2 saturated heterocycles. The van der Waals surface area contributed by atoms with E-state index in [0.717, 1.165) is 35.7 Å². The Hall–Kier alpha value is -0.480. The number of allylic oxidation sites excluding steroid dienone is 1. The zero-order valence-electron chi connectivity index (χ0n) is 16.7. The van der Waals surface area contributed by atoms with Gasteiger partial charge in [-0.15, -0.1) is 0 Å². The Kier molecular flexibility index (Phi) is 8.57. The molecule has 5 atom stereocenters. The minimum atomic E-state index is -0.670. The summed E-state index contributed by atoms with van der Waals surface area (Å²) in [6.45, 7) is 0. The van der Waals surface area contributed by atoms with Crippen molar-refractivity contribution in [1.29, 1.82) is 0 Å². The summed E-state index contributed by atoms with van der Waals surface area (Å²) >= 11 is 2.20. The van der Waals surface area contributed by atoms with Gasteiger partial charge in [0.05, 0.1) is 6.10 Å². The van der Waals surface area contributed by atoms with Crippen molar-refractivity contribution in [3.05, 3.63) is 12.2 Å². The van der Waals surface area contributed by atoms with E-state index in [1.807, 2.05) is 0 Å². The van der Waals surface area contributed by atoms with Crippen molar-refractivity contribution in [2.75, 3.05) is 0 Å². The van der Waals surface area contributed by atoms with Crippen LogP contribution in [0.4, 0.5) is 0 Å². The molecule has 3 nitrogen and oxygen atoms in total. The number of fused-ring (bicyclic) bond motifs is 2. The molecule has 3 aliphatic rings. The van der Waals surface area contributed by atoms with Gasteiger partial charge in [0.25, 0.3) is 0 Å². The third-order valence-corrected chi connectivity index (χ3v) is 8.91. The van der Waals surface area contributed by atoms with Gasteiger partial charge in [0, 0.05) is 16.9 Å². The van der Waals surface area contributed by atoms with Crippen molar-refractivity contribution >= 4 is 17.7 Å². The highest BCUT2D eigenvalue weighted by molar-refractivity contribution is 8.01. The van der Waals surface area contributed by atoms with Gasteiger partial charge in [0.1, 0.15) is 0 Å². The van der Waals surface area contributed by atoms with E-state index in [0.29, 0.717) is 18.3 Å². The van der Waals surface area contributed by atoms with Crippen molar-refractivity contribution in [3.63, 3.8) is 0 Å². The van der Waals surface area contributed by atoms with Gasteiger partial charge in [0.15, 0.2) is 0 Å². The summed E-state index contributed by atoms with van der Waals surface area (Å²) in [5.74, 6) is 1.22. The molecule has 0 aromatic carbocycles. The molecule has 4 heteroatoms. The Balaban J connectivity index is 1.45. The summed E-state index contributed by atoms with van der Waals surface area (Å²) in [6, 6.07) is 0. The van der Waals surface area contributed by atoms with Crippen molar-refractivity contribution in [2.45, 2.75) is 106 Å². The molecular formula is C23H38O3S. The molecule has 0 amide bonds. The van der Waals surface area contributed by atoms with Crippen LogP contribution in [0.15, 0.2) is 12.2 Å². The molecule has 27 heavy (non-hydrogen) atoms. The van der Waals surface area contributed by atoms with E-state index in [1.54, 1.807) is 0 Å². The highest BCUT2D eigenvalue weighted by Gasteiger charge is 2.46. The van der Waals surface area contributed by atoms with Crippen LogP contribution in [0.5, 0.6) is 0 Å². The van der Waals surface area contributed by atoms with E-state index in [9.17, 15) is 9.90 Å². The van der Waals surface area contributed by atoms with E-state index in [2.05, 4.69) is 23.9 Å². The molecule has 2 aliphatic heterocycles. The topological polar surface area (TPSA) is 57.5 Å². The first-order valence-electron chi connectivity index (χ1n) is 11.4. The second-order valence-electron chi connectivity index (χ2n) is 9.01. The number of carboxylic acids is 1. The van der Waals surface area contributed by atoms with Gasteiger partial charge in [-0.3, -0.25) is 4.79 Å². The van der Waals surface area contributed by atoms with E-state index >= 15 is 0 Å². The highest BCUT2D eigenvalue weighted by Crippen LogP contribution is 2.55. The molecule has 154 valence electrons. The van der Waals surface area contributed by atoms with E-state index < -0.39 is 5.97 Å². The predicted octanol–water partition coefficient (Wildman–Crippen LogP) is 5.81. The van der Waals surface area contributed by atoms with Gasteiger partial charge in [0.2, 0.25) is 0 Å². The average molecular weight is 395 g/mol. The average Bonchev–Trinajstić information content (AvgIpc) is 3.13. The molecule has 3 rings (SSSR count). The van der Waals surface area contributed by atoms with Gasteiger partial charge in [-0.1, -0.05) is 57.1 Å². The lowest BCUT2D eigenvalue weighted by Crippen LogP contribution is -2.26. The third kappa shape index (κ3) is 6.25. The Morgan fingerprint density at radius 3 is 2.41 bits per heavy atom. The maximum Gasteiger partial charge on any atom is 0.303 e. The van der Waals surface area contributed by atoms with Crippen LogP contribution in [-0.2, 0) is 4.79 Å². The van der Waals surface area contributed by atoms with Gasteiger partial charge in [-0.25, -0.2) is 0 Å². The number of carboxylic acid groups (broad SMARTS) is 1. The number of aliphatic hydroxyl groups is 1. The molecule has 2 N–H and O–H groups in total. The lowest BCUT2D eigenvalue weighted by molar-refractivity contribution is -0.137. The molecule has 1 unspecified atom stereocenters. The highest BCUT2D eigenvalue weighted by atomic mass is 32.2. The number of hydrogen-bond acceptors (Lipinski definition) is 3. The smallest absolute Gasteiger partial charge is 0.303 e. The maximum absolute atomic E-state index is 10.7. The van der Waals surface area contributed by atoms with Gasteiger partial charge < -0.3 is 10.2 Å². The first kappa shape index (κ1) is 21.2. The molecule has 0 aromatic rings. The minimum Gasteiger partial charge on any atom is -0.481 e. The molecule has 1 saturated carbocycles. The zero-order valence-corrected chi connectivity index (χ0v) is 17.5. The van der Waals surface area contributed by atoms with E-state index in [-0.39, 0.29) is 6.10 Å². The van der Waals surface area contributed by atoms with Crippen LogP contribution in [0.1, 0.15) is 89.9 Å². The standard InChI is InChI=1S/C23H38O3S/c24-20(17-9-5-1-2-6-10-17)14-13-19-18(21-15-16-22(19)27-21)11-7-3-4-8-12-23(25)26/h13-14,17-22,24H,1-12,15-16H2,(H,25,26)/b14-13+/t18-,19+,20?,21-,22+/m1/s1. The quantitative estimate of drug-likeness (QED) is 0.279. The molecule has 2 bridgehead atoms. The first-order valence-corrected chi connectivity index (χ1v) is 12.3. The second kappa shape index (κ2) is 10.9. The number of aliphatic carboxylic acids is 1. The number of aliphatic hydroxyl groups excluding tert-OH is 1. The summed E-state index contributed by atoms with van der Waals surface area (Å²) < 4.78 is 0. The Morgan fingerprint density at radius 1 is 0.963 bits per heavy atom. The van der Waals surface area contributed by atoms with Crippen molar-refractivity contribution in [3.8, 4) is 0 Å². The Bertz CT molecular complexity index is 484. The van der Waals surface area contributed by atoms with Gasteiger partial charge >= 0.3 is 5.97 Å². The summed E-state index contributed by atoms with van der Waals surface area (Å²) in [5.41, 5.74) is 0. The fraction of sp³-hybridized carbons (Fsp3) is 0.870. The van der Waals surface area contributed by atoms with Crippen LogP contribution in [-0.4, -0.2) is 32.8 Å². The Morgan fingerprint density at radius 2 is 1.67 bits per heavy atom. The Labute approximate surface area is 169 Å². The van der Waals surface area contributed by atoms with Crippen molar-refractivity contribution < 1.29 is 15.0 Å². The van der Waals surface area contributed by atoms with Crippen LogP contribution in [0.2, 0.25) is 0 Å².